The maximum atomic E-state index is 11.4. The number of hydrogen-bond donors (Lipinski definition) is 1. The second-order valence-corrected chi connectivity index (χ2v) is 8.95. The van der Waals surface area contributed by atoms with E-state index in [0.717, 1.165) is 49.6 Å². The number of nitrogens with zero attached hydrogens (tertiary/aromatic N) is 2. The lowest BCUT2D eigenvalue weighted by atomic mass is 9.93. The number of aliphatic hydroxyl groups excluding tert-OH is 1. The number of aryl methyl sites for hydroxylation is 1. The molecule has 0 aliphatic carbocycles. The number of rotatable bonds is 7. The van der Waals surface area contributed by atoms with Crippen LogP contribution in [0.5, 0.6) is 5.75 Å². The summed E-state index contributed by atoms with van der Waals surface area (Å²) in [7, 11) is 1.69. The van der Waals surface area contributed by atoms with Gasteiger partial charge in [-0.3, -0.25) is 9.80 Å². The fraction of sp³-hybridized carbons (Fsp3) is 0.333. The Kier molecular flexibility index (Phi) is 7.48. The van der Waals surface area contributed by atoms with Crippen LogP contribution >= 0.6 is 11.6 Å². The number of hydrogen-bond acceptors (Lipinski definition) is 4. The van der Waals surface area contributed by atoms with Crippen molar-refractivity contribution in [2.24, 2.45) is 0 Å². The van der Waals surface area contributed by atoms with E-state index in [0.29, 0.717) is 5.02 Å². The number of aliphatic hydroxyl groups is 1. The molecule has 1 fully saturated rings. The maximum absolute atomic E-state index is 11.4. The Labute approximate surface area is 196 Å². The lowest BCUT2D eigenvalue weighted by Crippen LogP contribution is -2.48. The second-order valence-electron chi connectivity index (χ2n) is 8.51. The molecule has 4 nitrogen and oxygen atoms in total. The molecule has 1 aliphatic heterocycles. The third kappa shape index (κ3) is 5.51. The quantitative estimate of drug-likeness (QED) is 0.533. The molecule has 3 aromatic carbocycles. The van der Waals surface area contributed by atoms with Gasteiger partial charge in [0.15, 0.2) is 0 Å². The Morgan fingerprint density at radius 3 is 2.03 bits per heavy atom. The Balaban J connectivity index is 1.48. The molecular formula is C27H31ClN2O2. The number of methoxy groups -OCH3 is 1. The van der Waals surface area contributed by atoms with Crippen molar-refractivity contribution < 1.29 is 9.84 Å². The first-order chi connectivity index (χ1) is 15.5. The molecule has 0 bridgehead atoms. The van der Waals surface area contributed by atoms with Crippen LogP contribution in [0.1, 0.15) is 34.4 Å². The smallest absolute Gasteiger partial charge is 0.118 e. The monoisotopic (exact) mass is 450 g/mol. The van der Waals surface area contributed by atoms with Crippen molar-refractivity contribution in [2.75, 3.05) is 33.3 Å². The molecule has 5 heteroatoms. The summed E-state index contributed by atoms with van der Waals surface area (Å²) in [6, 6.07) is 24.2. The number of ether oxygens (including phenoxy) is 1. The van der Waals surface area contributed by atoms with Crippen LogP contribution in [-0.4, -0.2) is 48.2 Å². The zero-order valence-electron chi connectivity index (χ0n) is 18.7. The summed E-state index contributed by atoms with van der Waals surface area (Å²) in [5, 5.41) is 12.1. The van der Waals surface area contributed by atoms with Crippen LogP contribution in [0.2, 0.25) is 5.02 Å². The van der Waals surface area contributed by atoms with Gasteiger partial charge in [-0.15, -0.1) is 0 Å². The number of halogens is 1. The van der Waals surface area contributed by atoms with Crippen LogP contribution in [0.25, 0.3) is 0 Å². The van der Waals surface area contributed by atoms with E-state index < -0.39 is 6.10 Å². The van der Waals surface area contributed by atoms with Crippen LogP contribution in [0.15, 0.2) is 72.8 Å². The summed E-state index contributed by atoms with van der Waals surface area (Å²) in [6.07, 6.45) is -0.607. The van der Waals surface area contributed by atoms with Crippen molar-refractivity contribution in [1.82, 2.24) is 9.80 Å². The van der Waals surface area contributed by atoms with E-state index in [1.54, 1.807) is 7.11 Å². The third-order valence-corrected chi connectivity index (χ3v) is 6.55. The second kappa shape index (κ2) is 10.5. The van der Waals surface area contributed by atoms with Crippen molar-refractivity contribution in [3.05, 3.63) is 100 Å². The van der Waals surface area contributed by atoms with Crippen LogP contribution in [0.3, 0.4) is 0 Å². The normalized spacial score (nSPS) is 17.1. The Bertz CT molecular complexity index is 982. The van der Waals surface area contributed by atoms with Gasteiger partial charge in [-0.05, 0) is 47.9 Å². The molecule has 32 heavy (non-hydrogen) atoms. The van der Waals surface area contributed by atoms with E-state index in [1.165, 1.54) is 11.1 Å². The fourth-order valence-corrected chi connectivity index (χ4v) is 4.51. The average Bonchev–Trinajstić information content (AvgIpc) is 2.82. The fourth-order valence-electron chi connectivity index (χ4n) is 4.39. The first kappa shape index (κ1) is 22.8. The summed E-state index contributed by atoms with van der Waals surface area (Å²) < 4.78 is 5.26. The lowest BCUT2D eigenvalue weighted by Gasteiger charge is -2.41. The molecule has 4 rings (SSSR count). The molecule has 1 aliphatic rings. The van der Waals surface area contributed by atoms with Gasteiger partial charge in [-0.25, -0.2) is 0 Å². The minimum absolute atomic E-state index is 0.113. The standard InChI is InChI=1S/C27H31ClN2O2/c1-20-3-7-23(8-4-20)27(31)26(22-9-11-24(28)12-10-22)30-17-15-29(16-18-30)19-21-5-13-25(32-2)14-6-21/h3-14,26-27,31H,15-19H2,1-2H3. The van der Waals surface area contributed by atoms with Gasteiger partial charge in [0.05, 0.1) is 19.3 Å². The van der Waals surface area contributed by atoms with Gasteiger partial charge < -0.3 is 9.84 Å². The molecule has 2 unspecified atom stereocenters. The van der Waals surface area contributed by atoms with Crippen LogP contribution in [-0.2, 0) is 6.54 Å². The van der Waals surface area contributed by atoms with Gasteiger partial charge in [0.1, 0.15) is 5.75 Å². The SMILES string of the molecule is COc1ccc(CN2CCN(C(c3ccc(Cl)cc3)C(O)c3ccc(C)cc3)CC2)cc1. The van der Waals surface area contributed by atoms with Gasteiger partial charge in [-0.2, -0.15) is 0 Å². The van der Waals surface area contributed by atoms with Crippen LogP contribution in [0.4, 0.5) is 0 Å². The molecule has 0 saturated carbocycles. The highest BCUT2D eigenvalue weighted by molar-refractivity contribution is 6.30. The van der Waals surface area contributed by atoms with Gasteiger partial charge in [0.25, 0.3) is 0 Å². The van der Waals surface area contributed by atoms with E-state index in [4.69, 9.17) is 16.3 Å². The molecule has 3 aromatic rings. The van der Waals surface area contributed by atoms with Crippen molar-refractivity contribution in [1.29, 1.82) is 0 Å². The van der Waals surface area contributed by atoms with E-state index in [2.05, 4.69) is 41.0 Å². The molecule has 0 amide bonds. The third-order valence-electron chi connectivity index (χ3n) is 6.29. The molecular weight excluding hydrogens is 420 g/mol. The minimum atomic E-state index is -0.607. The van der Waals surface area contributed by atoms with Gasteiger partial charge in [0, 0.05) is 37.7 Å². The highest BCUT2D eigenvalue weighted by atomic mass is 35.5. The molecule has 168 valence electrons. The van der Waals surface area contributed by atoms with Crippen molar-refractivity contribution in [2.45, 2.75) is 25.6 Å². The van der Waals surface area contributed by atoms with Crippen LogP contribution in [0, 0.1) is 6.92 Å². The highest BCUT2D eigenvalue weighted by Crippen LogP contribution is 2.35. The van der Waals surface area contributed by atoms with E-state index in [9.17, 15) is 5.11 Å². The zero-order chi connectivity index (χ0) is 22.5. The molecule has 0 spiro atoms. The maximum Gasteiger partial charge on any atom is 0.118 e. The topological polar surface area (TPSA) is 35.9 Å². The Hall–Kier alpha value is -2.37. The number of piperazine rings is 1. The van der Waals surface area contributed by atoms with Gasteiger partial charge in [0.2, 0.25) is 0 Å². The Morgan fingerprint density at radius 2 is 1.44 bits per heavy atom. The summed E-state index contributed by atoms with van der Waals surface area (Å²) in [4.78, 5) is 4.87. The first-order valence-electron chi connectivity index (χ1n) is 11.1. The minimum Gasteiger partial charge on any atom is -0.497 e. The first-order valence-corrected chi connectivity index (χ1v) is 11.5. The summed E-state index contributed by atoms with van der Waals surface area (Å²) in [6.45, 7) is 6.69. The zero-order valence-corrected chi connectivity index (χ0v) is 19.5. The van der Waals surface area contributed by atoms with Crippen LogP contribution < -0.4 is 4.74 Å². The largest absolute Gasteiger partial charge is 0.497 e. The molecule has 1 N–H and O–H groups in total. The predicted octanol–water partition coefficient (Wildman–Crippen LogP) is 5.25. The highest BCUT2D eigenvalue weighted by Gasteiger charge is 2.31. The molecule has 2 atom stereocenters. The molecule has 0 radical (unpaired) electrons. The average molecular weight is 451 g/mol. The van der Waals surface area contributed by atoms with E-state index in [1.807, 2.05) is 48.5 Å². The van der Waals surface area contributed by atoms with Gasteiger partial charge in [-0.1, -0.05) is 65.7 Å². The lowest BCUT2D eigenvalue weighted by molar-refractivity contribution is 0.0148. The molecule has 1 heterocycles. The van der Waals surface area contributed by atoms with Crippen molar-refractivity contribution in [3.8, 4) is 5.75 Å². The Morgan fingerprint density at radius 1 is 0.844 bits per heavy atom. The summed E-state index contributed by atoms with van der Waals surface area (Å²) in [5.41, 5.74) is 4.51. The van der Waals surface area contributed by atoms with Gasteiger partial charge >= 0.3 is 0 Å². The summed E-state index contributed by atoms with van der Waals surface area (Å²) in [5.74, 6) is 0.884. The van der Waals surface area contributed by atoms with Crippen molar-refractivity contribution >= 4 is 11.6 Å². The van der Waals surface area contributed by atoms with E-state index in [-0.39, 0.29) is 6.04 Å². The number of benzene rings is 3. The summed E-state index contributed by atoms with van der Waals surface area (Å²) >= 11 is 6.14. The van der Waals surface area contributed by atoms with Crippen molar-refractivity contribution in [3.63, 3.8) is 0 Å². The molecule has 1 saturated heterocycles. The molecule has 0 aromatic heterocycles. The van der Waals surface area contributed by atoms with E-state index >= 15 is 0 Å². The predicted molar refractivity (Wildman–Crippen MR) is 130 cm³/mol.